The maximum atomic E-state index is 11.9. The molecule has 0 N–H and O–H groups in total. The first-order valence-electron chi connectivity index (χ1n) is 7.61. The van der Waals surface area contributed by atoms with Crippen LogP contribution in [0.25, 0.3) is 11.5 Å². The molecule has 0 spiro atoms. The lowest BCUT2D eigenvalue weighted by Gasteiger charge is -2.12. The van der Waals surface area contributed by atoms with Gasteiger partial charge in [-0.05, 0) is 24.3 Å². The molecule has 142 valence electrons. The smallest absolute Gasteiger partial charge is 0.348 e. The second-order valence-corrected chi connectivity index (χ2v) is 6.81. The molecule has 1 aromatic carbocycles. The lowest BCUT2D eigenvalue weighted by molar-refractivity contribution is 0.0444. The van der Waals surface area contributed by atoms with Crippen LogP contribution < -0.4 is 14.2 Å². The number of methoxy groups -OCH3 is 3. The Morgan fingerprint density at radius 2 is 1.81 bits per heavy atom. The molecule has 0 bridgehead atoms. The fraction of sp³-hybridized carbons (Fsp3) is 0.235. The number of carbonyl (C=O) groups is 1. The van der Waals surface area contributed by atoms with Gasteiger partial charge in [-0.15, -0.1) is 21.5 Å². The molecule has 3 rings (SSSR count). The van der Waals surface area contributed by atoms with Crippen LogP contribution in [0.1, 0.15) is 15.6 Å². The van der Waals surface area contributed by atoms with Crippen molar-refractivity contribution in [3.8, 4) is 28.7 Å². The molecule has 0 aliphatic heterocycles. The molecule has 2 aromatic heterocycles. The number of thiophene rings is 1. The first-order valence-corrected chi connectivity index (χ1v) is 8.80. The summed E-state index contributed by atoms with van der Waals surface area (Å²) in [6, 6.07) is 6.57. The first-order chi connectivity index (χ1) is 13.0. The highest BCUT2D eigenvalue weighted by Crippen LogP contribution is 2.40. The van der Waals surface area contributed by atoms with E-state index >= 15 is 0 Å². The zero-order chi connectivity index (χ0) is 19.4. The Bertz CT molecular complexity index is 930. The van der Waals surface area contributed by atoms with Gasteiger partial charge >= 0.3 is 5.97 Å². The second-order valence-electron chi connectivity index (χ2n) is 5.09. The van der Waals surface area contributed by atoms with Crippen LogP contribution in [0.4, 0.5) is 0 Å². The summed E-state index contributed by atoms with van der Waals surface area (Å²) >= 11 is 6.93. The normalized spacial score (nSPS) is 10.5. The van der Waals surface area contributed by atoms with Crippen molar-refractivity contribution in [3.63, 3.8) is 0 Å². The Kier molecular flexibility index (Phi) is 5.82. The Hall–Kier alpha value is -2.78. The van der Waals surface area contributed by atoms with E-state index in [1.165, 1.54) is 21.3 Å². The number of ether oxygens (including phenoxy) is 4. The topological polar surface area (TPSA) is 92.9 Å². The van der Waals surface area contributed by atoms with Crippen molar-refractivity contribution in [1.29, 1.82) is 0 Å². The molecule has 0 unspecified atom stereocenters. The van der Waals surface area contributed by atoms with Crippen molar-refractivity contribution in [2.24, 2.45) is 0 Å². The van der Waals surface area contributed by atoms with E-state index in [0.717, 1.165) is 11.3 Å². The van der Waals surface area contributed by atoms with Crippen LogP contribution in [0, 0.1) is 0 Å². The molecule has 8 nitrogen and oxygen atoms in total. The predicted molar refractivity (Wildman–Crippen MR) is 97.8 cm³/mol. The van der Waals surface area contributed by atoms with Gasteiger partial charge in [-0.2, -0.15) is 0 Å². The van der Waals surface area contributed by atoms with Crippen molar-refractivity contribution < 1.29 is 28.2 Å². The van der Waals surface area contributed by atoms with Gasteiger partial charge in [-0.1, -0.05) is 11.6 Å². The number of carbonyl (C=O) groups excluding carboxylic acids is 1. The summed E-state index contributed by atoms with van der Waals surface area (Å²) in [5, 5.41) is 7.86. The highest BCUT2D eigenvalue weighted by atomic mass is 35.5. The number of hydrogen-bond donors (Lipinski definition) is 0. The summed E-state index contributed by atoms with van der Waals surface area (Å²) in [4.78, 5) is 12.3. The van der Waals surface area contributed by atoms with Crippen molar-refractivity contribution in [1.82, 2.24) is 10.2 Å². The average molecular weight is 411 g/mol. The van der Waals surface area contributed by atoms with Gasteiger partial charge in [0, 0.05) is 5.56 Å². The van der Waals surface area contributed by atoms with Gasteiger partial charge in [-0.3, -0.25) is 0 Å². The van der Waals surface area contributed by atoms with Gasteiger partial charge in [-0.25, -0.2) is 4.79 Å². The van der Waals surface area contributed by atoms with Crippen molar-refractivity contribution >= 4 is 28.9 Å². The monoisotopic (exact) mass is 410 g/mol. The maximum absolute atomic E-state index is 11.9. The van der Waals surface area contributed by atoms with Crippen LogP contribution in [0.3, 0.4) is 0 Å². The van der Waals surface area contributed by atoms with Crippen molar-refractivity contribution in [2.75, 3.05) is 21.3 Å². The number of rotatable bonds is 7. The number of esters is 1. The summed E-state index contributed by atoms with van der Waals surface area (Å²) in [5.41, 5.74) is 0.569. The molecule has 0 amide bonds. The number of aromatic nitrogens is 2. The number of halogens is 1. The zero-order valence-electron chi connectivity index (χ0n) is 14.6. The van der Waals surface area contributed by atoms with Gasteiger partial charge in [0.2, 0.25) is 11.6 Å². The minimum Gasteiger partial charge on any atom is -0.493 e. The van der Waals surface area contributed by atoms with Crippen LogP contribution in [0.2, 0.25) is 4.34 Å². The van der Waals surface area contributed by atoms with Gasteiger partial charge in [0.25, 0.3) is 5.89 Å². The van der Waals surface area contributed by atoms with Gasteiger partial charge < -0.3 is 23.4 Å². The van der Waals surface area contributed by atoms with E-state index in [4.69, 9.17) is 35.0 Å². The van der Waals surface area contributed by atoms with Gasteiger partial charge in [0.1, 0.15) is 4.88 Å². The summed E-state index contributed by atoms with van der Waals surface area (Å²) in [7, 11) is 4.53. The number of nitrogens with zero attached hydrogens (tertiary/aromatic N) is 2. The number of benzene rings is 1. The van der Waals surface area contributed by atoms with Crippen molar-refractivity contribution in [3.05, 3.63) is 39.4 Å². The predicted octanol–water partition coefficient (Wildman–Crippen LogP) is 3.83. The molecule has 0 radical (unpaired) electrons. The van der Waals surface area contributed by atoms with Crippen LogP contribution in [0.5, 0.6) is 17.2 Å². The SMILES string of the molecule is COc1cc(-c2nnc(COC(=O)c3ccc(Cl)s3)o2)cc(OC)c1OC. The molecular formula is C17H15ClN2O6S. The molecule has 3 aromatic rings. The minimum atomic E-state index is -0.514. The van der Waals surface area contributed by atoms with Crippen LogP contribution in [0.15, 0.2) is 28.7 Å². The lowest BCUT2D eigenvalue weighted by Crippen LogP contribution is -2.03. The molecule has 2 heterocycles. The summed E-state index contributed by atoms with van der Waals surface area (Å²) in [6.45, 7) is -0.161. The third kappa shape index (κ3) is 4.15. The molecule has 0 aliphatic carbocycles. The summed E-state index contributed by atoms with van der Waals surface area (Å²) in [5.74, 6) is 1.21. The highest BCUT2D eigenvalue weighted by Gasteiger charge is 2.18. The van der Waals surface area contributed by atoms with E-state index in [0.29, 0.717) is 32.0 Å². The Balaban J connectivity index is 1.76. The van der Waals surface area contributed by atoms with Crippen LogP contribution in [-0.2, 0) is 11.3 Å². The third-order valence-electron chi connectivity index (χ3n) is 3.48. The number of hydrogen-bond acceptors (Lipinski definition) is 9. The third-order valence-corrected chi connectivity index (χ3v) is 4.69. The fourth-order valence-corrected chi connectivity index (χ4v) is 3.19. The van der Waals surface area contributed by atoms with Crippen molar-refractivity contribution in [2.45, 2.75) is 6.61 Å². The highest BCUT2D eigenvalue weighted by molar-refractivity contribution is 7.17. The van der Waals surface area contributed by atoms with E-state index in [9.17, 15) is 4.79 Å². The largest absolute Gasteiger partial charge is 0.493 e. The Labute approximate surface area is 163 Å². The van der Waals surface area contributed by atoms with E-state index in [1.54, 1.807) is 24.3 Å². The lowest BCUT2D eigenvalue weighted by atomic mass is 10.2. The first kappa shape index (κ1) is 19.0. The van der Waals surface area contributed by atoms with Gasteiger partial charge in [0.15, 0.2) is 18.1 Å². The van der Waals surface area contributed by atoms with Gasteiger partial charge in [0.05, 0.1) is 25.7 Å². The molecule has 0 saturated heterocycles. The maximum Gasteiger partial charge on any atom is 0.348 e. The molecule has 0 aliphatic rings. The molecule has 0 saturated carbocycles. The van der Waals surface area contributed by atoms with E-state index in [2.05, 4.69) is 10.2 Å². The Morgan fingerprint density at radius 3 is 2.37 bits per heavy atom. The second kappa shape index (κ2) is 8.28. The molecule has 0 fully saturated rings. The summed E-state index contributed by atoms with van der Waals surface area (Å²) < 4.78 is 27.1. The van der Waals surface area contributed by atoms with Crippen LogP contribution >= 0.6 is 22.9 Å². The minimum absolute atomic E-state index is 0.148. The Morgan fingerprint density at radius 1 is 1.11 bits per heavy atom. The average Bonchev–Trinajstić information content (AvgIpc) is 3.34. The molecular weight excluding hydrogens is 396 g/mol. The van der Waals surface area contributed by atoms with E-state index in [1.807, 2.05) is 0 Å². The van der Waals surface area contributed by atoms with E-state index in [-0.39, 0.29) is 18.4 Å². The molecule has 27 heavy (non-hydrogen) atoms. The zero-order valence-corrected chi connectivity index (χ0v) is 16.2. The molecule has 10 heteroatoms. The summed E-state index contributed by atoms with van der Waals surface area (Å²) in [6.07, 6.45) is 0. The molecule has 0 atom stereocenters. The standard InChI is InChI=1S/C17H15ClN2O6S/c1-22-10-6-9(7-11(23-2)15(10)24-3)16-20-19-14(26-16)8-25-17(21)12-4-5-13(18)27-12/h4-7H,8H2,1-3H3. The fourth-order valence-electron chi connectivity index (χ4n) is 2.26. The van der Waals surface area contributed by atoms with Crippen LogP contribution in [-0.4, -0.2) is 37.5 Å². The quantitative estimate of drug-likeness (QED) is 0.542. The van der Waals surface area contributed by atoms with E-state index < -0.39 is 5.97 Å².